The van der Waals surface area contributed by atoms with Gasteiger partial charge in [-0.15, -0.1) is 11.3 Å². The molecule has 0 aliphatic rings. The zero-order valence-electron chi connectivity index (χ0n) is 15.1. The lowest BCUT2D eigenvalue weighted by molar-refractivity contribution is -0.137. The van der Waals surface area contributed by atoms with Gasteiger partial charge in [0.15, 0.2) is 0 Å². The van der Waals surface area contributed by atoms with Gasteiger partial charge in [0.2, 0.25) is 0 Å². The first kappa shape index (κ1) is 21.6. The number of nitrogens with zero attached hydrogens (tertiary/aromatic N) is 4. The van der Waals surface area contributed by atoms with Gasteiger partial charge in [-0.2, -0.15) is 13.2 Å². The van der Waals surface area contributed by atoms with Crippen molar-refractivity contribution in [2.75, 3.05) is 5.32 Å². The zero-order valence-corrected chi connectivity index (χ0v) is 16.7. The molecule has 3 aromatic heterocycles. The van der Waals surface area contributed by atoms with Gasteiger partial charge >= 0.3 is 6.18 Å². The summed E-state index contributed by atoms with van der Waals surface area (Å²) in [6.45, 7) is 1.76. The Kier molecular flexibility index (Phi) is 6.27. The number of hydrogen-bond donors (Lipinski definition) is 2. The monoisotopic (exact) mass is 456 g/mol. The lowest BCUT2D eigenvalue weighted by Gasteiger charge is -2.10. The van der Waals surface area contributed by atoms with E-state index < -0.39 is 28.6 Å². The number of thiazole rings is 1. The molecule has 0 aliphatic carbocycles. The molecule has 0 radical (unpaired) electrons. The van der Waals surface area contributed by atoms with Gasteiger partial charge in [-0.05, 0) is 19.1 Å². The Morgan fingerprint density at radius 1 is 1.10 bits per heavy atom. The molecule has 0 unspecified atom stereocenters. The van der Waals surface area contributed by atoms with Gasteiger partial charge in [0.05, 0.1) is 23.3 Å². The van der Waals surface area contributed by atoms with Gasteiger partial charge in [0.25, 0.3) is 11.8 Å². The number of aryl methyl sites for hydroxylation is 1. The van der Waals surface area contributed by atoms with Crippen LogP contribution in [-0.4, -0.2) is 31.8 Å². The van der Waals surface area contributed by atoms with E-state index >= 15 is 0 Å². The standard InChI is InChI=1S/C17H12ClF3N6O2S/c1-8-2-11(26-7-25-8)15(28)24-6-14-23-5-12(30-14)16(29)27-13-3-9(17(19,20)21)10(18)4-22-13/h2-5,7H,6H2,1H3,(H,24,28)(H,22,27,29). The van der Waals surface area contributed by atoms with Crippen LogP contribution in [0.4, 0.5) is 19.0 Å². The average molecular weight is 457 g/mol. The molecule has 3 aromatic rings. The van der Waals surface area contributed by atoms with Crippen molar-refractivity contribution < 1.29 is 22.8 Å². The molecule has 0 atom stereocenters. The molecule has 0 saturated heterocycles. The Labute approximate surface area is 176 Å². The van der Waals surface area contributed by atoms with Crippen LogP contribution in [0.3, 0.4) is 0 Å². The summed E-state index contributed by atoms with van der Waals surface area (Å²) in [5, 5.41) is 4.72. The Morgan fingerprint density at radius 2 is 1.87 bits per heavy atom. The normalized spacial score (nSPS) is 11.2. The predicted molar refractivity (Wildman–Crippen MR) is 102 cm³/mol. The summed E-state index contributed by atoms with van der Waals surface area (Å²) in [6.07, 6.45) is -1.36. The molecular weight excluding hydrogens is 445 g/mol. The SMILES string of the molecule is Cc1cc(C(=O)NCc2ncc(C(=O)Nc3cc(C(F)(F)F)c(Cl)cn3)s2)ncn1. The number of nitrogens with one attached hydrogen (secondary N) is 2. The van der Waals surface area contributed by atoms with E-state index in [9.17, 15) is 22.8 Å². The third-order valence-corrected chi connectivity index (χ3v) is 4.91. The predicted octanol–water partition coefficient (Wildman–Crippen LogP) is 3.49. The molecule has 0 saturated carbocycles. The number of alkyl halides is 3. The smallest absolute Gasteiger partial charge is 0.344 e. The van der Waals surface area contributed by atoms with Gasteiger partial charge in [0.1, 0.15) is 27.7 Å². The number of carbonyl (C=O) groups excluding carboxylic acids is 2. The first-order chi connectivity index (χ1) is 14.1. The second-order valence-electron chi connectivity index (χ2n) is 5.85. The van der Waals surface area contributed by atoms with Crippen molar-refractivity contribution >= 4 is 40.6 Å². The lowest BCUT2D eigenvalue weighted by atomic mass is 10.2. The van der Waals surface area contributed by atoms with Crippen LogP contribution in [0.25, 0.3) is 0 Å². The molecule has 0 fully saturated rings. The number of halogens is 4. The number of hydrogen-bond acceptors (Lipinski definition) is 7. The lowest BCUT2D eigenvalue weighted by Crippen LogP contribution is -2.23. The molecule has 2 amide bonds. The van der Waals surface area contributed by atoms with Crippen LogP contribution in [0.2, 0.25) is 5.02 Å². The molecule has 3 heterocycles. The fourth-order valence-electron chi connectivity index (χ4n) is 2.22. The summed E-state index contributed by atoms with van der Waals surface area (Å²) < 4.78 is 38.7. The second-order valence-corrected chi connectivity index (χ2v) is 7.37. The molecule has 0 bridgehead atoms. The van der Waals surface area contributed by atoms with Gasteiger partial charge < -0.3 is 10.6 Å². The summed E-state index contributed by atoms with van der Waals surface area (Å²) in [5.74, 6) is -1.44. The first-order valence-corrected chi connectivity index (χ1v) is 9.38. The highest BCUT2D eigenvalue weighted by atomic mass is 35.5. The number of amides is 2. The maximum Gasteiger partial charge on any atom is 0.418 e. The zero-order chi connectivity index (χ0) is 21.9. The summed E-state index contributed by atoms with van der Waals surface area (Å²) in [7, 11) is 0. The molecule has 0 aliphatic heterocycles. The Morgan fingerprint density at radius 3 is 2.57 bits per heavy atom. The van der Waals surface area contributed by atoms with E-state index in [1.54, 1.807) is 6.92 Å². The average Bonchev–Trinajstić information content (AvgIpc) is 3.16. The Hall–Kier alpha value is -3.12. The highest BCUT2D eigenvalue weighted by Crippen LogP contribution is 2.35. The third-order valence-electron chi connectivity index (χ3n) is 3.62. The van der Waals surface area contributed by atoms with Crippen LogP contribution >= 0.6 is 22.9 Å². The quantitative estimate of drug-likeness (QED) is 0.608. The summed E-state index contributed by atoms with van der Waals surface area (Å²) in [4.78, 5) is 39.9. The van der Waals surface area contributed by atoms with Crippen molar-refractivity contribution in [2.24, 2.45) is 0 Å². The van der Waals surface area contributed by atoms with Crippen molar-refractivity contribution in [3.8, 4) is 0 Å². The maximum absolute atomic E-state index is 12.9. The van der Waals surface area contributed by atoms with Crippen molar-refractivity contribution in [3.63, 3.8) is 0 Å². The molecule has 2 N–H and O–H groups in total. The maximum atomic E-state index is 12.9. The number of pyridine rings is 1. The van der Waals surface area contributed by atoms with Crippen LogP contribution in [0.5, 0.6) is 0 Å². The van der Waals surface area contributed by atoms with E-state index in [0.29, 0.717) is 16.8 Å². The van der Waals surface area contributed by atoms with Gasteiger partial charge in [0, 0.05) is 11.9 Å². The van der Waals surface area contributed by atoms with Crippen molar-refractivity contribution in [3.05, 3.63) is 62.7 Å². The highest BCUT2D eigenvalue weighted by Gasteiger charge is 2.34. The van der Waals surface area contributed by atoms with E-state index in [1.165, 1.54) is 18.6 Å². The summed E-state index contributed by atoms with van der Waals surface area (Å²) in [6, 6.07) is 2.16. The molecule has 30 heavy (non-hydrogen) atoms. The summed E-state index contributed by atoms with van der Waals surface area (Å²) in [5.41, 5.74) is -0.290. The van der Waals surface area contributed by atoms with Gasteiger partial charge in [-0.25, -0.2) is 19.9 Å². The molecular formula is C17H12ClF3N6O2S. The van der Waals surface area contributed by atoms with Gasteiger partial charge in [-0.3, -0.25) is 9.59 Å². The van der Waals surface area contributed by atoms with E-state index in [4.69, 9.17) is 11.6 Å². The molecule has 0 aromatic carbocycles. The van der Waals surface area contributed by atoms with E-state index in [0.717, 1.165) is 17.5 Å². The van der Waals surface area contributed by atoms with E-state index in [1.807, 2.05) is 0 Å². The summed E-state index contributed by atoms with van der Waals surface area (Å²) >= 11 is 6.47. The van der Waals surface area contributed by atoms with E-state index in [2.05, 4.69) is 30.6 Å². The number of rotatable bonds is 5. The largest absolute Gasteiger partial charge is 0.418 e. The highest BCUT2D eigenvalue weighted by molar-refractivity contribution is 7.13. The third kappa shape index (κ3) is 5.27. The number of anilines is 1. The van der Waals surface area contributed by atoms with Crippen LogP contribution in [0.1, 0.15) is 36.4 Å². The van der Waals surface area contributed by atoms with E-state index in [-0.39, 0.29) is 22.9 Å². The Balaban J connectivity index is 1.63. The molecule has 0 spiro atoms. The fourth-order valence-corrected chi connectivity index (χ4v) is 3.19. The molecule has 8 nitrogen and oxygen atoms in total. The van der Waals surface area contributed by atoms with Crippen LogP contribution in [0.15, 0.2) is 30.9 Å². The van der Waals surface area contributed by atoms with Crippen LogP contribution < -0.4 is 10.6 Å². The molecule has 3 rings (SSSR count). The van der Waals surface area contributed by atoms with Crippen LogP contribution in [-0.2, 0) is 12.7 Å². The minimum Gasteiger partial charge on any atom is -0.344 e. The number of carbonyl (C=O) groups is 2. The van der Waals surface area contributed by atoms with Crippen molar-refractivity contribution in [1.82, 2.24) is 25.3 Å². The fraction of sp³-hybridized carbons (Fsp3) is 0.176. The first-order valence-electron chi connectivity index (χ1n) is 8.19. The molecule has 13 heteroatoms. The minimum atomic E-state index is -4.68. The van der Waals surface area contributed by atoms with Gasteiger partial charge in [-0.1, -0.05) is 11.6 Å². The van der Waals surface area contributed by atoms with Crippen molar-refractivity contribution in [2.45, 2.75) is 19.6 Å². The number of aromatic nitrogens is 4. The topological polar surface area (TPSA) is 110 Å². The van der Waals surface area contributed by atoms with Crippen LogP contribution in [0, 0.1) is 6.92 Å². The Bertz CT molecular complexity index is 1110. The molecule has 156 valence electrons. The van der Waals surface area contributed by atoms with Crippen molar-refractivity contribution in [1.29, 1.82) is 0 Å². The second kappa shape index (κ2) is 8.71. The minimum absolute atomic E-state index is 0.0389.